The number of aryl methyl sites for hydroxylation is 1. The minimum Gasteiger partial charge on any atom is -0.391 e. The zero-order chi connectivity index (χ0) is 14.3. The molecule has 1 aliphatic heterocycles. The molecule has 0 spiro atoms. The highest BCUT2D eigenvalue weighted by atomic mass is 32.1. The van der Waals surface area contributed by atoms with Gasteiger partial charge in [0.1, 0.15) is 0 Å². The number of hydrogen-bond donors (Lipinski definition) is 1. The van der Waals surface area contributed by atoms with Crippen molar-refractivity contribution in [1.29, 1.82) is 0 Å². The van der Waals surface area contributed by atoms with E-state index in [0.29, 0.717) is 0 Å². The maximum absolute atomic E-state index is 9.39. The zero-order valence-corrected chi connectivity index (χ0v) is 13.3. The third kappa shape index (κ3) is 3.27. The Morgan fingerprint density at radius 3 is 2.26 bits per heavy atom. The lowest BCUT2D eigenvalue weighted by Gasteiger charge is -2.47. The number of ether oxygens (including phenoxy) is 1. The van der Waals surface area contributed by atoms with Crippen molar-refractivity contribution >= 4 is 16.5 Å². The van der Waals surface area contributed by atoms with Gasteiger partial charge in [-0.05, 0) is 34.1 Å². The fourth-order valence-corrected chi connectivity index (χ4v) is 3.83. The fourth-order valence-electron chi connectivity index (χ4n) is 2.83. The molecule has 2 heterocycles. The van der Waals surface area contributed by atoms with Gasteiger partial charge in [0.2, 0.25) is 0 Å². The summed E-state index contributed by atoms with van der Waals surface area (Å²) >= 11 is 1.60. The Balaban J connectivity index is 2.28. The number of hydrogen-bond acceptors (Lipinski definition) is 5. The highest BCUT2D eigenvalue weighted by Crippen LogP contribution is 2.34. The molecule has 4 nitrogen and oxygen atoms in total. The van der Waals surface area contributed by atoms with Crippen LogP contribution in [0.25, 0.3) is 0 Å². The van der Waals surface area contributed by atoms with Crippen LogP contribution in [0.3, 0.4) is 0 Å². The van der Waals surface area contributed by atoms with Gasteiger partial charge in [-0.1, -0.05) is 18.3 Å². The van der Waals surface area contributed by atoms with E-state index in [1.165, 1.54) is 0 Å². The Hall–Kier alpha value is -0.650. The van der Waals surface area contributed by atoms with Gasteiger partial charge >= 0.3 is 0 Å². The Labute approximate surface area is 119 Å². The molecule has 0 bridgehead atoms. The molecular weight excluding hydrogens is 260 g/mol. The van der Waals surface area contributed by atoms with Gasteiger partial charge in [0.25, 0.3) is 0 Å². The summed E-state index contributed by atoms with van der Waals surface area (Å²) in [6.07, 6.45) is 0.865. The van der Waals surface area contributed by atoms with E-state index in [-0.39, 0.29) is 17.8 Å². The van der Waals surface area contributed by atoms with E-state index in [9.17, 15) is 5.11 Å². The molecule has 5 heteroatoms. The van der Waals surface area contributed by atoms with Crippen LogP contribution in [0.5, 0.6) is 0 Å². The molecular formula is C14H24N2O2S. The molecule has 0 amide bonds. The first kappa shape index (κ1) is 14.8. The lowest BCUT2D eigenvalue weighted by Crippen LogP contribution is -2.57. The zero-order valence-electron chi connectivity index (χ0n) is 12.5. The van der Waals surface area contributed by atoms with Gasteiger partial charge in [-0.15, -0.1) is 0 Å². The second-order valence-corrected chi connectivity index (χ2v) is 7.42. The van der Waals surface area contributed by atoms with E-state index in [1.807, 2.05) is 0 Å². The predicted octanol–water partition coefficient (Wildman–Crippen LogP) is 2.59. The summed E-state index contributed by atoms with van der Waals surface area (Å²) in [4.78, 5) is 7.95. The SMILES string of the molecule is CCc1nc(N2CC(C)(C)OC(C)(C)C2)sc1CO. The number of aromatic nitrogens is 1. The standard InChI is InChI=1S/C14H24N2O2S/c1-6-10-11(7-17)19-12(15-10)16-8-13(2,3)18-14(4,5)9-16/h17H,6-9H2,1-5H3. The Morgan fingerprint density at radius 1 is 1.26 bits per heavy atom. The number of nitrogens with zero attached hydrogens (tertiary/aromatic N) is 2. The first-order valence-corrected chi connectivity index (χ1v) is 7.62. The molecule has 0 aromatic carbocycles. The van der Waals surface area contributed by atoms with E-state index in [1.54, 1.807) is 11.3 Å². The van der Waals surface area contributed by atoms with Gasteiger partial charge in [0.05, 0.1) is 28.4 Å². The van der Waals surface area contributed by atoms with Gasteiger partial charge in [0.15, 0.2) is 5.13 Å². The molecule has 1 N–H and O–H groups in total. The van der Waals surface area contributed by atoms with Crippen molar-refractivity contribution in [3.8, 4) is 0 Å². The van der Waals surface area contributed by atoms with Crippen LogP contribution in [-0.4, -0.2) is 34.4 Å². The van der Waals surface area contributed by atoms with Crippen LogP contribution in [0.2, 0.25) is 0 Å². The van der Waals surface area contributed by atoms with E-state index in [0.717, 1.165) is 35.2 Å². The number of aliphatic hydroxyl groups is 1. The minimum atomic E-state index is -0.181. The van der Waals surface area contributed by atoms with E-state index in [2.05, 4.69) is 44.5 Å². The third-order valence-electron chi connectivity index (χ3n) is 3.21. The Kier molecular flexibility index (Phi) is 3.91. The normalized spacial score (nSPS) is 21.7. The molecule has 1 fully saturated rings. The molecule has 0 saturated carbocycles. The first-order chi connectivity index (χ1) is 8.76. The summed E-state index contributed by atoms with van der Waals surface area (Å²) in [5.74, 6) is 0. The molecule has 0 unspecified atom stereocenters. The quantitative estimate of drug-likeness (QED) is 0.926. The Bertz CT molecular complexity index is 417. The molecule has 0 radical (unpaired) electrons. The number of thiazole rings is 1. The molecule has 0 atom stereocenters. The van der Waals surface area contributed by atoms with Crippen LogP contribution >= 0.6 is 11.3 Å². The summed E-state index contributed by atoms with van der Waals surface area (Å²) in [5.41, 5.74) is 0.655. The van der Waals surface area contributed by atoms with Crippen LogP contribution in [0, 0.1) is 0 Å². The van der Waals surface area contributed by atoms with Gasteiger partial charge in [0, 0.05) is 13.1 Å². The van der Waals surface area contributed by atoms with Crippen LogP contribution in [-0.2, 0) is 17.8 Å². The highest BCUT2D eigenvalue weighted by molar-refractivity contribution is 7.15. The van der Waals surface area contributed by atoms with E-state index in [4.69, 9.17) is 4.74 Å². The number of morpholine rings is 1. The number of anilines is 1. The predicted molar refractivity (Wildman–Crippen MR) is 78.9 cm³/mol. The molecule has 2 rings (SSSR count). The van der Waals surface area contributed by atoms with Crippen molar-refractivity contribution in [1.82, 2.24) is 4.98 Å². The van der Waals surface area contributed by atoms with Crippen molar-refractivity contribution in [2.24, 2.45) is 0 Å². The lowest BCUT2D eigenvalue weighted by atomic mass is 9.99. The average molecular weight is 284 g/mol. The Morgan fingerprint density at radius 2 is 1.84 bits per heavy atom. The first-order valence-electron chi connectivity index (χ1n) is 6.81. The maximum atomic E-state index is 9.39. The summed E-state index contributed by atoms with van der Waals surface area (Å²) in [6, 6.07) is 0. The molecule has 1 aromatic heterocycles. The van der Waals surface area contributed by atoms with E-state index < -0.39 is 0 Å². The van der Waals surface area contributed by atoms with Crippen molar-refractivity contribution < 1.29 is 9.84 Å². The molecule has 0 aliphatic carbocycles. The van der Waals surface area contributed by atoms with Crippen LogP contribution in [0.1, 0.15) is 45.2 Å². The largest absolute Gasteiger partial charge is 0.391 e. The second-order valence-electron chi connectivity index (χ2n) is 6.36. The molecule has 1 aliphatic rings. The van der Waals surface area contributed by atoms with Crippen LogP contribution in [0.15, 0.2) is 0 Å². The van der Waals surface area contributed by atoms with Gasteiger partial charge < -0.3 is 14.7 Å². The fraction of sp³-hybridized carbons (Fsp3) is 0.786. The van der Waals surface area contributed by atoms with Gasteiger partial charge in [-0.3, -0.25) is 0 Å². The van der Waals surface area contributed by atoms with Crippen molar-refractivity contribution in [3.05, 3.63) is 10.6 Å². The van der Waals surface area contributed by atoms with Crippen molar-refractivity contribution in [2.45, 2.75) is 58.8 Å². The molecule has 1 aromatic rings. The smallest absolute Gasteiger partial charge is 0.186 e. The number of rotatable bonds is 3. The van der Waals surface area contributed by atoms with Gasteiger partial charge in [-0.25, -0.2) is 4.98 Å². The minimum absolute atomic E-state index is 0.0813. The van der Waals surface area contributed by atoms with E-state index >= 15 is 0 Å². The molecule has 1 saturated heterocycles. The highest BCUT2D eigenvalue weighted by Gasteiger charge is 2.39. The van der Waals surface area contributed by atoms with Crippen LogP contribution < -0.4 is 4.90 Å². The topological polar surface area (TPSA) is 45.6 Å². The van der Waals surface area contributed by atoms with Crippen LogP contribution in [0.4, 0.5) is 5.13 Å². The summed E-state index contributed by atoms with van der Waals surface area (Å²) in [6.45, 7) is 12.3. The van der Waals surface area contributed by atoms with Crippen molar-refractivity contribution in [2.75, 3.05) is 18.0 Å². The number of aliphatic hydroxyl groups excluding tert-OH is 1. The summed E-state index contributed by atoms with van der Waals surface area (Å²) in [7, 11) is 0. The second kappa shape index (κ2) is 5.04. The van der Waals surface area contributed by atoms with Gasteiger partial charge in [-0.2, -0.15) is 0 Å². The third-order valence-corrected chi connectivity index (χ3v) is 4.36. The molecule has 19 heavy (non-hydrogen) atoms. The maximum Gasteiger partial charge on any atom is 0.186 e. The lowest BCUT2D eigenvalue weighted by molar-refractivity contribution is -0.133. The summed E-state index contributed by atoms with van der Waals surface area (Å²) < 4.78 is 6.09. The average Bonchev–Trinajstić information content (AvgIpc) is 2.67. The molecule has 108 valence electrons. The summed E-state index contributed by atoms with van der Waals surface area (Å²) in [5, 5.41) is 10.4. The monoisotopic (exact) mass is 284 g/mol. The van der Waals surface area contributed by atoms with Crippen molar-refractivity contribution in [3.63, 3.8) is 0 Å².